The van der Waals surface area contributed by atoms with Gasteiger partial charge in [0.15, 0.2) is 0 Å². The zero-order chi connectivity index (χ0) is 13.4. The van der Waals surface area contributed by atoms with Crippen molar-refractivity contribution in [2.75, 3.05) is 0 Å². The smallest absolute Gasteiger partial charge is 0.267 e. The molecule has 4 nitrogen and oxygen atoms in total. The van der Waals surface area contributed by atoms with Crippen molar-refractivity contribution in [2.24, 2.45) is 0 Å². The molecule has 1 atom stereocenters. The number of fused-ring (bicyclic) bond motifs is 1. The fourth-order valence-corrected chi connectivity index (χ4v) is 2.52. The van der Waals surface area contributed by atoms with Crippen LogP contribution in [0.5, 0.6) is 5.75 Å². The molecular weight excluding hydrogens is 362 g/mol. The van der Waals surface area contributed by atoms with Crippen LogP contribution in [0.25, 0.3) is 0 Å². The highest BCUT2D eigenvalue weighted by molar-refractivity contribution is 14.1. The van der Waals surface area contributed by atoms with E-state index in [1.54, 1.807) is 12.3 Å². The molecule has 6 heteroatoms. The molecule has 0 N–H and O–H groups in total. The second kappa shape index (κ2) is 4.92. The number of hydrogen-bond donors (Lipinski definition) is 0. The summed E-state index contributed by atoms with van der Waals surface area (Å²) in [6, 6.07) is 5.99. The van der Waals surface area contributed by atoms with Crippen LogP contribution in [0.4, 0.5) is 4.39 Å². The van der Waals surface area contributed by atoms with Gasteiger partial charge in [0.1, 0.15) is 17.7 Å². The van der Waals surface area contributed by atoms with Crippen molar-refractivity contribution >= 4 is 22.6 Å². The van der Waals surface area contributed by atoms with Crippen molar-refractivity contribution in [2.45, 2.75) is 19.1 Å². The largest absolute Gasteiger partial charge is 0.488 e. The Labute approximate surface area is 122 Å². The topological polar surface area (TPSA) is 44.1 Å². The summed E-state index contributed by atoms with van der Waals surface area (Å²) in [7, 11) is 0. The molecule has 1 unspecified atom stereocenters. The van der Waals surface area contributed by atoms with Crippen LogP contribution in [-0.2, 0) is 13.0 Å². The second-order valence-electron chi connectivity index (χ2n) is 4.39. The van der Waals surface area contributed by atoms with Crippen LogP contribution in [-0.4, -0.2) is 15.9 Å². The van der Waals surface area contributed by atoms with Crippen LogP contribution < -0.4 is 10.3 Å². The van der Waals surface area contributed by atoms with Crippen molar-refractivity contribution < 1.29 is 9.13 Å². The van der Waals surface area contributed by atoms with Gasteiger partial charge >= 0.3 is 0 Å². The molecule has 19 heavy (non-hydrogen) atoms. The zero-order valence-corrected chi connectivity index (χ0v) is 12.0. The lowest BCUT2D eigenvalue weighted by Crippen LogP contribution is -2.30. The Kier molecular flexibility index (Phi) is 3.26. The molecule has 98 valence electrons. The Morgan fingerprint density at radius 3 is 3.11 bits per heavy atom. The number of ether oxygens (including phenoxy) is 1. The van der Waals surface area contributed by atoms with E-state index in [1.807, 2.05) is 22.6 Å². The molecule has 1 aromatic heterocycles. The van der Waals surface area contributed by atoms with Gasteiger partial charge < -0.3 is 4.74 Å². The van der Waals surface area contributed by atoms with Gasteiger partial charge in [-0.25, -0.2) is 9.07 Å². The van der Waals surface area contributed by atoms with E-state index in [0.717, 1.165) is 9.13 Å². The SMILES string of the molecule is O=c1cc(I)cnn1CC1Cc2cc(F)ccc2O1. The average Bonchev–Trinajstić information content (AvgIpc) is 2.74. The Bertz CT molecular complexity index is 687. The lowest BCUT2D eigenvalue weighted by molar-refractivity contribution is 0.200. The predicted molar refractivity (Wildman–Crippen MR) is 75.7 cm³/mol. The summed E-state index contributed by atoms with van der Waals surface area (Å²) in [5.74, 6) is 0.414. The third-order valence-electron chi connectivity index (χ3n) is 2.98. The lowest BCUT2D eigenvalue weighted by atomic mass is 10.1. The molecule has 3 rings (SSSR count). The van der Waals surface area contributed by atoms with E-state index in [9.17, 15) is 9.18 Å². The van der Waals surface area contributed by atoms with Crippen LogP contribution in [0, 0.1) is 9.39 Å². The van der Waals surface area contributed by atoms with E-state index in [-0.39, 0.29) is 17.5 Å². The first-order valence-electron chi connectivity index (χ1n) is 5.79. The molecule has 2 heterocycles. The minimum Gasteiger partial charge on any atom is -0.488 e. The molecule has 0 amide bonds. The quantitative estimate of drug-likeness (QED) is 0.758. The third-order valence-corrected chi connectivity index (χ3v) is 3.57. The lowest BCUT2D eigenvalue weighted by Gasteiger charge is -2.11. The van der Waals surface area contributed by atoms with Gasteiger partial charge in [0, 0.05) is 21.6 Å². The van der Waals surface area contributed by atoms with Crippen LogP contribution in [0.2, 0.25) is 0 Å². The molecular formula is C13H10FIN2O2. The molecule has 0 aliphatic carbocycles. The minimum absolute atomic E-state index is 0.155. The number of aromatic nitrogens is 2. The molecule has 0 fully saturated rings. The molecule has 1 aromatic carbocycles. The molecule has 1 aliphatic heterocycles. The fraction of sp³-hybridized carbons (Fsp3) is 0.231. The maximum absolute atomic E-state index is 13.1. The molecule has 0 saturated heterocycles. The summed E-state index contributed by atoms with van der Waals surface area (Å²) in [5, 5.41) is 4.06. The van der Waals surface area contributed by atoms with Crippen LogP contribution >= 0.6 is 22.6 Å². The van der Waals surface area contributed by atoms with E-state index in [2.05, 4.69) is 5.10 Å². The molecule has 0 bridgehead atoms. The van der Waals surface area contributed by atoms with Gasteiger partial charge in [-0.3, -0.25) is 4.79 Å². The summed E-state index contributed by atoms with van der Waals surface area (Å²) in [5.41, 5.74) is 0.682. The number of halogens is 2. The summed E-state index contributed by atoms with van der Waals surface area (Å²) in [4.78, 5) is 11.7. The molecule has 1 aliphatic rings. The van der Waals surface area contributed by atoms with E-state index >= 15 is 0 Å². The normalized spacial score (nSPS) is 17.1. The summed E-state index contributed by atoms with van der Waals surface area (Å²) >= 11 is 2.04. The highest BCUT2D eigenvalue weighted by Gasteiger charge is 2.24. The van der Waals surface area contributed by atoms with Crippen molar-refractivity contribution in [3.05, 3.63) is 55.8 Å². The number of rotatable bonds is 2. The van der Waals surface area contributed by atoms with Crippen LogP contribution in [0.3, 0.4) is 0 Å². The van der Waals surface area contributed by atoms with Gasteiger partial charge in [-0.2, -0.15) is 5.10 Å². The number of benzene rings is 1. The van der Waals surface area contributed by atoms with Crippen LogP contribution in [0.1, 0.15) is 5.56 Å². The van der Waals surface area contributed by atoms with Gasteiger partial charge in [0.2, 0.25) is 0 Å². The Hall–Kier alpha value is -1.44. The van der Waals surface area contributed by atoms with Crippen molar-refractivity contribution in [1.82, 2.24) is 9.78 Å². The van der Waals surface area contributed by atoms with Gasteiger partial charge in [-0.15, -0.1) is 0 Å². The van der Waals surface area contributed by atoms with Crippen molar-refractivity contribution in [1.29, 1.82) is 0 Å². The Morgan fingerprint density at radius 2 is 2.32 bits per heavy atom. The molecule has 0 spiro atoms. The van der Waals surface area contributed by atoms with Gasteiger partial charge in [-0.1, -0.05) is 0 Å². The summed E-state index contributed by atoms with van der Waals surface area (Å²) in [6.07, 6.45) is 2.04. The maximum atomic E-state index is 13.1. The molecule has 0 saturated carbocycles. The van der Waals surface area contributed by atoms with Gasteiger partial charge in [0.05, 0.1) is 12.7 Å². The monoisotopic (exact) mass is 372 g/mol. The van der Waals surface area contributed by atoms with Crippen molar-refractivity contribution in [3.8, 4) is 5.75 Å². The van der Waals surface area contributed by atoms with Crippen LogP contribution in [0.15, 0.2) is 35.3 Å². The summed E-state index contributed by atoms with van der Waals surface area (Å²) in [6.45, 7) is 0.367. The van der Waals surface area contributed by atoms with Crippen molar-refractivity contribution in [3.63, 3.8) is 0 Å². The van der Waals surface area contributed by atoms with E-state index in [1.165, 1.54) is 22.9 Å². The maximum Gasteiger partial charge on any atom is 0.267 e. The first-order chi connectivity index (χ1) is 9.11. The molecule has 2 aromatic rings. The molecule has 0 radical (unpaired) electrons. The zero-order valence-electron chi connectivity index (χ0n) is 9.85. The Morgan fingerprint density at radius 1 is 1.47 bits per heavy atom. The number of hydrogen-bond acceptors (Lipinski definition) is 3. The first-order valence-corrected chi connectivity index (χ1v) is 6.87. The second-order valence-corrected chi connectivity index (χ2v) is 5.64. The standard InChI is InChI=1S/C13H10FIN2O2/c14-9-1-2-12-8(3-9)4-11(19-12)7-17-13(18)5-10(15)6-16-17/h1-3,5-6,11H,4,7H2. The number of nitrogens with zero attached hydrogens (tertiary/aromatic N) is 2. The van der Waals surface area contributed by atoms with E-state index in [0.29, 0.717) is 18.7 Å². The summed E-state index contributed by atoms with van der Waals surface area (Å²) < 4.78 is 21.0. The predicted octanol–water partition coefficient (Wildman–Crippen LogP) is 1.99. The highest BCUT2D eigenvalue weighted by Crippen LogP contribution is 2.29. The Balaban J connectivity index is 1.78. The first kappa shape index (κ1) is 12.6. The van der Waals surface area contributed by atoms with E-state index in [4.69, 9.17) is 4.74 Å². The van der Waals surface area contributed by atoms with Gasteiger partial charge in [0.25, 0.3) is 5.56 Å². The van der Waals surface area contributed by atoms with Gasteiger partial charge in [-0.05, 0) is 40.8 Å². The highest BCUT2D eigenvalue weighted by atomic mass is 127. The van der Waals surface area contributed by atoms with E-state index < -0.39 is 0 Å². The fourth-order valence-electron chi connectivity index (χ4n) is 2.13. The minimum atomic E-state index is -0.271. The third kappa shape index (κ3) is 2.63. The average molecular weight is 372 g/mol.